The molecule has 0 spiro atoms. The third-order valence-corrected chi connectivity index (χ3v) is 2.75. The summed E-state index contributed by atoms with van der Waals surface area (Å²) in [5, 5.41) is 5.16. The number of rotatable bonds is 5. The molecule has 0 aliphatic carbocycles. The fraction of sp³-hybridized carbons (Fsp3) is 0.462. The van der Waals surface area contributed by atoms with E-state index in [2.05, 4.69) is 10.6 Å². The van der Waals surface area contributed by atoms with Crippen LogP contribution in [0.5, 0.6) is 0 Å². The Hall–Kier alpha value is -1.69. The van der Waals surface area contributed by atoms with E-state index < -0.39 is 17.7 Å². The molecule has 4 nitrogen and oxygen atoms in total. The van der Waals surface area contributed by atoms with Gasteiger partial charge in [0.1, 0.15) is 11.6 Å². The molecule has 0 unspecified atom stereocenters. The maximum atomic E-state index is 13.7. The number of carbonyl (C=O) groups is 1. The van der Waals surface area contributed by atoms with E-state index in [4.69, 9.17) is 0 Å². The molecule has 0 saturated carbocycles. The summed E-state index contributed by atoms with van der Waals surface area (Å²) < 4.78 is 27.5. The van der Waals surface area contributed by atoms with Crippen LogP contribution in [0.2, 0.25) is 0 Å². The van der Waals surface area contributed by atoms with Gasteiger partial charge in [-0.2, -0.15) is 0 Å². The van der Waals surface area contributed by atoms with Crippen molar-refractivity contribution in [3.63, 3.8) is 0 Å². The van der Waals surface area contributed by atoms with E-state index in [0.717, 1.165) is 0 Å². The standard InChI is InChI=1S/C13H19F2N3O/c1-4-16-13(19)17-8-11(18(2)3)12-9(14)6-5-7-10(12)15/h5-7,11H,4,8H2,1-3H3,(H2,16,17,19)/t11-/m0/s1. The number of benzene rings is 1. The minimum absolute atomic E-state index is 0.0377. The van der Waals surface area contributed by atoms with Crippen LogP contribution in [0.1, 0.15) is 18.5 Å². The average Bonchev–Trinajstić information content (AvgIpc) is 2.32. The van der Waals surface area contributed by atoms with Gasteiger partial charge in [0.25, 0.3) is 0 Å². The lowest BCUT2D eigenvalue weighted by molar-refractivity contribution is 0.231. The highest BCUT2D eigenvalue weighted by Crippen LogP contribution is 2.23. The van der Waals surface area contributed by atoms with E-state index in [1.54, 1.807) is 25.9 Å². The Bertz CT molecular complexity index is 418. The fourth-order valence-corrected chi connectivity index (χ4v) is 1.78. The summed E-state index contributed by atoms with van der Waals surface area (Å²) in [6.45, 7) is 2.41. The maximum Gasteiger partial charge on any atom is 0.314 e. The van der Waals surface area contributed by atoms with Gasteiger partial charge in [-0.05, 0) is 33.2 Å². The minimum Gasteiger partial charge on any atom is -0.338 e. The van der Waals surface area contributed by atoms with Crippen LogP contribution in [-0.4, -0.2) is 38.1 Å². The molecular formula is C13H19F2N3O. The molecule has 6 heteroatoms. The van der Waals surface area contributed by atoms with Crippen molar-refractivity contribution in [1.82, 2.24) is 15.5 Å². The van der Waals surface area contributed by atoms with Crippen molar-refractivity contribution in [2.45, 2.75) is 13.0 Å². The number of halogens is 2. The van der Waals surface area contributed by atoms with E-state index in [0.29, 0.717) is 6.54 Å². The molecule has 106 valence electrons. The predicted molar refractivity (Wildman–Crippen MR) is 69.9 cm³/mol. The Labute approximate surface area is 111 Å². The van der Waals surface area contributed by atoms with Crippen LogP contribution in [0.4, 0.5) is 13.6 Å². The number of amides is 2. The van der Waals surface area contributed by atoms with Crippen molar-refractivity contribution in [3.05, 3.63) is 35.4 Å². The molecule has 1 rings (SSSR count). The van der Waals surface area contributed by atoms with Crippen LogP contribution < -0.4 is 10.6 Å². The van der Waals surface area contributed by atoms with Gasteiger partial charge in [-0.1, -0.05) is 6.07 Å². The number of hydrogen-bond acceptors (Lipinski definition) is 2. The second-order valence-corrected chi connectivity index (χ2v) is 4.36. The highest BCUT2D eigenvalue weighted by atomic mass is 19.1. The van der Waals surface area contributed by atoms with Crippen LogP contribution in [0.25, 0.3) is 0 Å². The molecule has 1 aromatic rings. The summed E-state index contributed by atoms with van der Waals surface area (Å²) in [6, 6.07) is 2.81. The first-order chi connectivity index (χ1) is 8.97. The van der Waals surface area contributed by atoms with Gasteiger partial charge < -0.3 is 15.5 Å². The van der Waals surface area contributed by atoms with Gasteiger partial charge in [-0.3, -0.25) is 0 Å². The highest BCUT2D eigenvalue weighted by molar-refractivity contribution is 5.73. The summed E-state index contributed by atoms with van der Waals surface area (Å²) >= 11 is 0. The van der Waals surface area contributed by atoms with E-state index in [1.807, 2.05) is 0 Å². The van der Waals surface area contributed by atoms with Crippen LogP contribution in [-0.2, 0) is 0 Å². The molecule has 1 aromatic carbocycles. The van der Waals surface area contributed by atoms with Crippen molar-refractivity contribution in [2.75, 3.05) is 27.2 Å². The van der Waals surface area contributed by atoms with E-state index in [1.165, 1.54) is 18.2 Å². The maximum absolute atomic E-state index is 13.7. The topological polar surface area (TPSA) is 44.4 Å². The Morgan fingerprint density at radius 3 is 2.32 bits per heavy atom. The summed E-state index contributed by atoms with van der Waals surface area (Å²) in [7, 11) is 3.41. The van der Waals surface area contributed by atoms with Gasteiger partial charge in [-0.25, -0.2) is 13.6 Å². The molecule has 0 aliphatic rings. The van der Waals surface area contributed by atoms with Crippen molar-refractivity contribution >= 4 is 6.03 Å². The van der Waals surface area contributed by atoms with Crippen LogP contribution in [0, 0.1) is 11.6 Å². The van der Waals surface area contributed by atoms with E-state index in [9.17, 15) is 13.6 Å². The number of nitrogens with one attached hydrogen (secondary N) is 2. The second-order valence-electron chi connectivity index (χ2n) is 4.36. The van der Waals surface area contributed by atoms with Gasteiger partial charge >= 0.3 is 6.03 Å². The molecule has 0 aromatic heterocycles. The molecular weight excluding hydrogens is 252 g/mol. The van der Waals surface area contributed by atoms with Crippen molar-refractivity contribution in [2.24, 2.45) is 0 Å². The summed E-state index contributed by atoms with van der Waals surface area (Å²) in [5.74, 6) is -1.23. The first kappa shape index (κ1) is 15.4. The van der Waals surface area contributed by atoms with E-state index >= 15 is 0 Å². The Kier molecular flexibility index (Phi) is 5.69. The molecule has 0 heterocycles. The quantitative estimate of drug-likeness (QED) is 0.859. The highest BCUT2D eigenvalue weighted by Gasteiger charge is 2.22. The zero-order valence-corrected chi connectivity index (χ0v) is 11.3. The number of likely N-dealkylation sites (N-methyl/N-ethyl adjacent to an activating group) is 1. The smallest absolute Gasteiger partial charge is 0.314 e. The number of carbonyl (C=O) groups excluding carboxylic acids is 1. The lowest BCUT2D eigenvalue weighted by Gasteiger charge is -2.25. The average molecular weight is 271 g/mol. The largest absolute Gasteiger partial charge is 0.338 e. The van der Waals surface area contributed by atoms with Gasteiger partial charge in [0, 0.05) is 18.7 Å². The van der Waals surface area contributed by atoms with Gasteiger partial charge in [0.05, 0.1) is 6.04 Å². The normalized spacial score (nSPS) is 12.3. The fourth-order valence-electron chi connectivity index (χ4n) is 1.78. The Morgan fingerprint density at radius 2 is 1.84 bits per heavy atom. The minimum atomic E-state index is -0.614. The Balaban J connectivity index is 2.86. The number of hydrogen-bond donors (Lipinski definition) is 2. The summed E-state index contributed by atoms with van der Waals surface area (Å²) in [5.41, 5.74) is -0.0377. The monoisotopic (exact) mass is 271 g/mol. The van der Waals surface area contributed by atoms with Crippen LogP contribution in [0.3, 0.4) is 0 Å². The number of urea groups is 1. The van der Waals surface area contributed by atoms with E-state index in [-0.39, 0.29) is 18.1 Å². The molecule has 0 bridgehead atoms. The third-order valence-electron chi connectivity index (χ3n) is 2.75. The summed E-state index contributed by atoms with van der Waals surface area (Å²) in [6.07, 6.45) is 0. The lowest BCUT2D eigenvalue weighted by atomic mass is 10.0. The first-order valence-corrected chi connectivity index (χ1v) is 6.09. The van der Waals surface area contributed by atoms with Gasteiger partial charge in [0.15, 0.2) is 0 Å². The van der Waals surface area contributed by atoms with Gasteiger partial charge in [-0.15, -0.1) is 0 Å². The van der Waals surface area contributed by atoms with Crippen molar-refractivity contribution < 1.29 is 13.6 Å². The molecule has 0 saturated heterocycles. The van der Waals surface area contributed by atoms with Crippen molar-refractivity contribution in [1.29, 1.82) is 0 Å². The van der Waals surface area contributed by atoms with Crippen LogP contribution in [0.15, 0.2) is 18.2 Å². The SMILES string of the molecule is CCNC(=O)NC[C@@H](c1c(F)cccc1F)N(C)C. The molecule has 1 atom stereocenters. The molecule has 2 amide bonds. The van der Waals surface area contributed by atoms with Gasteiger partial charge in [0.2, 0.25) is 0 Å². The molecule has 0 fully saturated rings. The number of nitrogens with zero attached hydrogens (tertiary/aromatic N) is 1. The molecule has 19 heavy (non-hydrogen) atoms. The summed E-state index contributed by atoms with van der Waals surface area (Å²) in [4.78, 5) is 13.0. The zero-order chi connectivity index (χ0) is 14.4. The molecule has 0 aliphatic heterocycles. The zero-order valence-electron chi connectivity index (χ0n) is 11.3. The first-order valence-electron chi connectivity index (χ1n) is 6.09. The third kappa shape index (κ3) is 4.17. The van der Waals surface area contributed by atoms with Crippen LogP contribution >= 0.6 is 0 Å². The lowest BCUT2D eigenvalue weighted by Crippen LogP contribution is -2.40. The van der Waals surface area contributed by atoms with Crippen molar-refractivity contribution in [3.8, 4) is 0 Å². The molecule has 0 radical (unpaired) electrons. The molecule has 2 N–H and O–H groups in total. The Morgan fingerprint density at radius 1 is 1.26 bits per heavy atom. The second kappa shape index (κ2) is 7.04. The predicted octanol–water partition coefficient (Wildman–Crippen LogP) is 1.89.